The van der Waals surface area contributed by atoms with Crippen molar-refractivity contribution >= 4 is 26.5 Å². The van der Waals surface area contributed by atoms with Crippen molar-refractivity contribution in [1.82, 2.24) is 14.9 Å². The Kier molecular flexibility index (Phi) is 3.92. The molecule has 3 N–H and O–H groups in total. The summed E-state index contributed by atoms with van der Waals surface area (Å²) < 4.78 is 31.1. The quantitative estimate of drug-likeness (QED) is 0.774. The van der Waals surface area contributed by atoms with Crippen molar-refractivity contribution in [1.29, 1.82) is 0 Å². The molecular formula is C8H14N4O3S2. The molecule has 2 rings (SSSR count). The summed E-state index contributed by atoms with van der Waals surface area (Å²) in [5, 5.41) is 7.13. The van der Waals surface area contributed by atoms with Crippen LogP contribution < -0.4 is 10.5 Å². The first-order chi connectivity index (χ1) is 8.08. The summed E-state index contributed by atoms with van der Waals surface area (Å²) in [6.45, 7) is 1.87. The summed E-state index contributed by atoms with van der Waals surface area (Å²) in [6.07, 6.45) is 1.76. The predicted molar refractivity (Wildman–Crippen MR) is 63.1 cm³/mol. The van der Waals surface area contributed by atoms with Crippen LogP contribution >= 0.6 is 11.3 Å². The van der Waals surface area contributed by atoms with Gasteiger partial charge in [0.15, 0.2) is 0 Å². The highest BCUT2D eigenvalue weighted by Crippen LogP contribution is 2.18. The lowest BCUT2D eigenvalue weighted by molar-refractivity contribution is 0.184. The Balaban J connectivity index is 1.85. The second-order valence-electron chi connectivity index (χ2n) is 3.82. The van der Waals surface area contributed by atoms with Crippen molar-refractivity contribution < 1.29 is 13.2 Å². The minimum Gasteiger partial charge on any atom is -0.381 e. The van der Waals surface area contributed by atoms with Gasteiger partial charge < -0.3 is 10.5 Å². The molecule has 1 aliphatic rings. The van der Waals surface area contributed by atoms with Gasteiger partial charge in [-0.3, -0.25) is 0 Å². The third kappa shape index (κ3) is 3.35. The molecule has 7 nitrogen and oxygen atoms in total. The number of hydrogen-bond acceptors (Lipinski definition) is 7. The van der Waals surface area contributed by atoms with E-state index in [9.17, 15) is 8.42 Å². The van der Waals surface area contributed by atoms with E-state index in [4.69, 9.17) is 10.5 Å². The third-order valence-corrected chi connectivity index (χ3v) is 5.10. The molecule has 1 saturated heterocycles. The van der Waals surface area contributed by atoms with Crippen LogP contribution in [0.4, 0.5) is 5.13 Å². The van der Waals surface area contributed by atoms with Crippen LogP contribution in [0.2, 0.25) is 0 Å². The van der Waals surface area contributed by atoms with Crippen molar-refractivity contribution in [2.24, 2.45) is 5.92 Å². The molecule has 1 atom stereocenters. The highest BCUT2D eigenvalue weighted by molar-refractivity contribution is 7.91. The molecule has 1 unspecified atom stereocenters. The molecule has 9 heteroatoms. The zero-order valence-corrected chi connectivity index (χ0v) is 10.8. The van der Waals surface area contributed by atoms with E-state index >= 15 is 0 Å². The van der Waals surface area contributed by atoms with Gasteiger partial charge >= 0.3 is 0 Å². The fourth-order valence-electron chi connectivity index (χ4n) is 1.60. The minimum absolute atomic E-state index is 0.0855. The molecule has 17 heavy (non-hydrogen) atoms. The Morgan fingerprint density at radius 2 is 2.35 bits per heavy atom. The molecular weight excluding hydrogens is 264 g/mol. The van der Waals surface area contributed by atoms with Crippen molar-refractivity contribution in [3.63, 3.8) is 0 Å². The number of rotatable bonds is 5. The monoisotopic (exact) mass is 278 g/mol. The van der Waals surface area contributed by atoms with Gasteiger partial charge in [-0.05, 0) is 18.8 Å². The Morgan fingerprint density at radius 3 is 2.94 bits per heavy atom. The molecule has 0 aromatic carbocycles. The summed E-state index contributed by atoms with van der Waals surface area (Å²) in [6, 6.07) is 0. The Bertz CT molecular complexity index is 467. The van der Waals surface area contributed by atoms with Gasteiger partial charge in [0.1, 0.15) is 0 Å². The van der Waals surface area contributed by atoms with Gasteiger partial charge in [0, 0.05) is 19.8 Å². The molecule has 1 aromatic heterocycles. The van der Waals surface area contributed by atoms with Gasteiger partial charge in [-0.2, -0.15) is 0 Å². The fourth-order valence-corrected chi connectivity index (χ4v) is 3.47. The van der Waals surface area contributed by atoms with Crippen LogP contribution in [-0.4, -0.2) is 38.4 Å². The average Bonchev–Trinajstić information content (AvgIpc) is 2.89. The number of nitrogens with one attached hydrogen (secondary N) is 1. The summed E-state index contributed by atoms with van der Waals surface area (Å²) in [5.41, 5.74) is 5.34. The molecule has 1 fully saturated rings. The van der Waals surface area contributed by atoms with Gasteiger partial charge in [0.05, 0.1) is 0 Å². The second-order valence-corrected chi connectivity index (χ2v) is 6.77. The standard InChI is InChI=1S/C8H14N4O3S2/c9-7-11-12-8(16-7)17(13,14)10-3-1-6-2-4-15-5-6/h6,10H,1-5H2,(H2,9,11). The molecule has 0 saturated carbocycles. The smallest absolute Gasteiger partial charge is 0.269 e. The molecule has 96 valence electrons. The molecule has 0 spiro atoms. The van der Waals surface area contributed by atoms with Crippen molar-refractivity contribution in [2.75, 3.05) is 25.5 Å². The van der Waals surface area contributed by atoms with Crippen LogP contribution in [0, 0.1) is 5.92 Å². The summed E-state index contributed by atoms with van der Waals surface area (Å²) in [5.74, 6) is 0.442. The lowest BCUT2D eigenvalue weighted by Crippen LogP contribution is -2.26. The van der Waals surface area contributed by atoms with E-state index < -0.39 is 10.0 Å². The van der Waals surface area contributed by atoms with Crippen LogP contribution in [0.25, 0.3) is 0 Å². The second kappa shape index (κ2) is 5.25. The number of sulfonamides is 1. The maximum atomic E-state index is 11.7. The SMILES string of the molecule is Nc1nnc(S(=O)(=O)NCCC2CCOC2)s1. The first kappa shape index (κ1) is 12.7. The average molecular weight is 278 g/mol. The number of ether oxygens (including phenoxy) is 1. The van der Waals surface area contributed by atoms with Crippen LogP contribution in [0.5, 0.6) is 0 Å². The number of aromatic nitrogens is 2. The lowest BCUT2D eigenvalue weighted by atomic mass is 10.1. The van der Waals surface area contributed by atoms with Gasteiger partial charge in [-0.25, -0.2) is 13.1 Å². The van der Waals surface area contributed by atoms with Crippen molar-refractivity contribution in [2.45, 2.75) is 17.2 Å². The molecule has 0 radical (unpaired) electrons. The topological polar surface area (TPSA) is 107 Å². The normalized spacial score (nSPS) is 20.8. The number of anilines is 1. The number of hydrogen-bond donors (Lipinski definition) is 2. The van der Waals surface area contributed by atoms with E-state index in [1.807, 2.05) is 0 Å². The fraction of sp³-hybridized carbons (Fsp3) is 0.750. The zero-order chi connectivity index (χ0) is 12.3. The molecule has 2 heterocycles. The maximum absolute atomic E-state index is 11.7. The highest BCUT2D eigenvalue weighted by atomic mass is 32.2. The number of nitrogens with zero attached hydrogens (tertiary/aromatic N) is 2. The molecule has 0 bridgehead atoms. The summed E-state index contributed by atoms with van der Waals surface area (Å²) >= 11 is 0.858. The Hall–Kier alpha value is -0.770. The third-order valence-electron chi connectivity index (χ3n) is 2.52. The van der Waals surface area contributed by atoms with Gasteiger partial charge in [0.2, 0.25) is 9.47 Å². The molecule has 1 aliphatic heterocycles. The first-order valence-corrected chi connectivity index (χ1v) is 7.54. The zero-order valence-electron chi connectivity index (χ0n) is 9.13. The van der Waals surface area contributed by atoms with Crippen LogP contribution in [0.15, 0.2) is 4.34 Å². The van der Waals surface area contributed by atoms with E-state index in [1.54, 1.807) is 0 Å². The number of nitrogens with two attached hydrogens (primary N) is 1. The van der Waals surface area contributed by atoms with Crippen LogP contribution in [0.1, 0.15) is 12.8 Å². The summed E-state index contributed by atoms with van der Waals surface area (Å²) in [4.78, 5) is 0. The van der Waals surface area contributed by atoms with E-state index in [0.717, 1.165) is 30.8 Å². The van der Waals surface area contributed by atoms with E-state index in [1.165, 1.54) is 0 Å². The van der Waals surface area contributed by atoms with E-state index in [2.05, 4.69) is 14.9 Å². The van der Waals surface area contributed by atoms with Crippen LogP contribution in [0.3, 0.4) is 0 Å². The van der Waals surface area contributed by atoms with Gasteiger partial charge in [0.25, 0.3) is 10.0 Å². The van der Waals surface area contributed by atoms with Crippen molar-refractivity contribution in [3.8, 4) is 0 Å². The molecule has 0 aliphatic carbocycles. The van der Waals surface area contributed by atoms with Gasteiger partial charge in [-0.15, -0.1) is 10.2 Å². The highest BCUT2D eigenvalue weighted by Gasteiger charge is 2.21. The largest absolute Gasteiger partial charge is 0.381 e. The van der Waals surface area contributed by atoms with Gasteiger partial charge in [-0.1, -0.05) is 11.3 Å². The van der Waals surface area contributed by atoms with E-state index in [0.29, 0.717) is 19.1 Å². The lowest BCUT2D eigenvalue weighted by Gasteiger charge is -2.07. The first-order valence-electron chi connectivity index (χ1n) is 5.24. The maximum Gasteiger partial charge on any atom is 0.269 e. The minimum atomic E-state index is -3.56. The Morgan fingerprint density at radius 1 is 1.53 bits per heavy atom. The number of nitrogen functional groups attached to an aromatic ring is 1. The summed E-state index contributed by atoms with van der Waals surface area (Å²) in [7, 11) is -3.56. The van der Waals surface area contributed by atoms with Crippen molar-refractivity contribution in [3.05, 3.63) is 0 Å². The van der Waals surface area contributed by atoms with Crippen LogP contribution in [-0.2, 0) is 14.8 Å². The van der Waals surface area contributed by atoms with E-state index in [-0.39, 0.29) is 9.47 Å². The molecule has 1 aromatic rings. The predicted octanol–water partition coefficient (Wildman–Crippen LogP) is -0.175. The Labute approximate surface area is 103 Å². The molecule has 0 amide bonds.